The highest BCUT2D eigenvalue weighted by atomic mass is 35.5. The van der Waals surface area contributed by atoms with Crippen LogP contribution in [0.25, 0.3) is 0 Å². The first-order valence-corrected chi connectivity index (χ1v) is 8.05. The third kappa shape index (κ3) is 3.84. The zero-order chi connectivity index (χ0) is 17.1. The number of amides is 1. The first-order chi connectivity index (χ1) is 11.5. The lowest BCUT2D eigenvalue weighted by Gasteiger charge is -2.07. The van der Waals surface area contributed by atoms with Gasteiger partial charge in [-0.15, -0.1) is 0 Å². The predicted octanol–water partition coefficient (Wildman–Crippen LogP) is 4.45. The van der Waals surface area contributed by atoms with Crippen molar-refractivity contribution in [3.63, 3.8) is 0 Å². The molecule has 1 amide bonds. The van der Waals surface area contributed by atoms with E-state index in [0.717, 1.165) is 16.7 Å². The molecule has 0 fully saturated rings. The number of aryl methyl sites for hydroxylation is 2. The Morgan fingerprint density at radius 3 is 2.62 bits per heavy atom. The summed E-state index contributed by atoms with van der Waals surface area (Å²) in [7, 11) is 0. The number of carbonyl (C=O) groups is 1. The van der Waals surface area contributed by atoms with Crippen molar-refractivity contribution in [2.24, 2.45) is 0 Å². The van der Waals surface area contributed by atoms with E-state index in [9.17, 15) is 4.79 Å². The molecule has 0 atom stereocenters. The maximum Gasteiger partial charge on any atom is 0.257 e. The molecule has 1 heterocycles. The highest BCUT2D eigenvalue weighted by Crippen LogP contribution is 2.14. The summed E-state index contributed by atoms with van der Waals surface area (Å²) in [4.78, 5) is 12.4. The molecule has 0 spiro atoms. The molecular formula is C19H18ClN3O. The molecule has 122 valence electrons. The molecule has 0 unspecified atom stereocenters. The molecule has 0 saturated carbocycles. The van der Waals surface area contributed by atoms with Crippen molar-refractivity contribution in [1.29, 1.82) is 0 Å². The quantitative estimate of drug-likeness (QED) is 0.763. The van der Waals surface area contributed by atoms with Crippen LogP contribution in [0.5, 0.6) is 0 Å². The van der Waals surface area contributed by atoms with Crippen molar-refractivity contribution >= 4 is 23.3 Å². The molecule has 4 nitrogen and oxygen atoms in total. The molecule has 1 aromatic heterocycles. The van der Waals surface area contributed by atoms with E-state index in [4.69, 9.17) is 11.6 Å². The van der Waals surface area contributed by atoms with Crippen LogP contribution in [0.15, 0.2) is 54.7 Å². The molecule has 0 radical (unpaired) electrons. The fraction of sp³-hybridized carbons (Fsp3) is 0.158. The fourth-order valence-corrected chi connectivity index (χ4v) is 2.58. The van der Waals surface area contributed by atoms with Gasteiger partial charge < -0.3 is 5.32 Å². The predicted molar refractivity (Wildman–Crippen MR) is 96.7 cm³/mol. The van der Waals surface area contributed by atoms with Crippen LogP contribution in [0.1, 0.15) is 27.0 Å². The minimum absolute atomic E-state index is 0.145. The summed E-state index contributed by atoms with van der Waals surface area (Å²) in [5.74, 6) is 0.391. The molecule has 1 N–H and O–H groups in total. The standard InChI is InChI=1S/C19H18ClN3O/c1-13-3-4-14(2)17(11-13)19(24)21-18-9-10-23(22-18)12-15-5-7-16(20)8-6-15/h3-11H,12H2,1-2H3,(H,21,22,24). The lowest BCUT2D eigenvalue weighted by Crippen LogP contribution is -2.14. The Bertz CT molecular complexity index is 869. The highest BCUT2D eigenvalue weighted by Gasteiger charge is 2.11. The van der Waals surface area contributed by atoms with Gasteiger partial charge in [-0.2, -0.15) is 5.10 Å². The van der Waals surface area contributed by atoms with Crippen LogP contribution in [-0.4, -0.2) is 15.7 Å². The molecule has 0 aliphatic rings. The number of benzene rings is 2. The Labute approximate surface area is 146 Å². The number of nitrogens with zero attached hydrogens (tertiary/aromatic N) is 2. The minimum Gasteiger partial charge on any atom is -0.305 e. The second kappa shape index (κ2) is 6.89. The Morgan fingerprint density at radius 2 is 1.88 bits per heavy atom. The van der Waals surface area contributed by atoms with Gasteiger partial charge in [0, 0.05) is 22.8 Å². The molecule has 0 bridgehead atoms. The van der Waals surface area contributed by atoms with Crippen LogP contribution in [0.4, 0.5) is 5.82 Å². The number of hydrogen-bond acceptors (Lipinski definition) is 2. The number of rotatable bonds is 4. The Balaban J connectivity index is 1.70. The molecule has 24 heavy (non-hydrogen) atoms. The van der Waals surface area contributed by atoms with Gasteiger partial charge in [-0.05, 0) is 43.2 Å². The van der Waals surface area contributed by atoms with E-state index >= 15 is 0 Å². The van der Waals surface area contributed by atoms with Gasteiger partial charge in [0.15, 0.2) is 5.82 Å². The molecule has 0 aliphatic heterocycles. The van der Waals surface area contributed by atoms with Crippen molar-refractivity contribution in [2.45, 2.75) is 20.4 Å². The van der Waals surface area contributed by atoms with Crippen molar-refractivity contribution in [3.05, 3.63) is 82.0 Å². The number of aromatic nitrogens is 2. The van der Waals surface area contributed by atoms with Gasteiger partial charge in [-0.25, -0.2) is 0 Å². The van der Waals surface area contributed by atoms with Crippen LogP contribution in [-0.2, 0) is 6.54 Å². The van der Waals surface area contributed by atoms with E-state index in [1.54, 1.807) is 10.7 Å². The summed E-state index contributed by atoms with van der Waals surface area (Å²) < 4.78 is 1.78. The third-order valence-corrected chi connectivity index (χ3v) is 4.03. The monoisotopic (exact) mass is 339 g/mol. The first kappa shape index (κ1) is 16.3. The van der Waals surface area contributed by atoms with Gasteiger partial charge in [0.05, 0.1) is 6.54 Å². The fourth-order valence-electron chi connectivity index (χ4n) is 2.46. The van der Waals surface area contributed by atoms with Crippen molar-refractivity contribution in [3.8, 4) is 0 Å². The lowest BCUT2D eigenvalue weighted by molar-refractivity contribution is 0.102. The zero-order valence-electron chi connectivity index (χ0n) is 13.6. The summed E-state index contributed by atoms with van der Waals surface area (Å²) >= 11 is 5.89. The number of nitrogens with one attached hydrogen (secondary N) is 1. The van der Waals surface area contributed by atoms with E-state index in [-0.39, 0.29) is 5.91 Å². The van der Waals surface area contributed by atoms with Gasteiger partial charge in [-0.3, -0.25) is 9.48 Å². The second-order valence-electron chi connectivity index (χ2n) is 5.80. The third-order valence-electron chi connectivity index (χ3n) is 3.78. The number of hydrogen-bond donors (Lipinski definition) is 1. The van der Waals surface area contributed by atoms with E-state index in [1.807, 2.05) is 62.5 Å². The largest absolute Gasteiger partial charge is 0.305 e. The van der Waals surface area contributed by atoms with Crippen LogP contribution in [0, 0.1) is 13.8 Å². The van der Waals surface area contributed by atoms with Crippen LogP contribution < -0.4 is 5.32 Å². The maximum atomic E-state index is 12.4. The van der Waals surface area contributed by atoms with Gasteiger partial charge >= 0.3 is 0 Å². The van der Waals surface area contributed by atoms with Gasteiger partial charge in [0.2, 0.25) is 0 Å². The summed E-state index contributed by atoms with van der Waals surface area (Å²) in [6.07, 6.45) is 1.84. The van der Waals surface area contributed by atoms with E-state index in [2.05, 4.69) is 10.4 Å². The van der Waals surface area contributed by atoms with Gasteiger partial charge in [0.1, 0.15) is 0 Å². The number of carbonyl (C=O) groups excluding carboxylic acids is 1. The van der Waals surface area contributed by atoms with Crippen LogP contribution in [0.2, 0.25) is 5.02 Å². The summed E-state index contributed by atoms with van der Waals surface area (Å²) in [6, 6.07) is 15.2. The number of halogens is 1. The molecule has 3 aromatic rings. The smallest absolute Gasteiger partial charge is 0.257 e. The zero-order valence-corrected chi connectivity index (χ0v) is 14.3. The van der Waals surface area contributed by atoms with Gasteiger partial charge in [-0.1, -0.05) is 41.4 Å². The van der Waals surface area contributed by atoms with Crippen LogP contribution >= 0.6 is 11.6 Å². The van der Waals surface area contributed by atoms with E-state index in [1.165, 1.54) is 0 Å². The Kier molecular flexibility index (Phi) is 4.67. The normalized spacial score (nSPS) is 10.6. The average Bonchev–Trinajstić information content (AvgIpc) is 2.99. The van der Waals surface area contributed by atoms with E-state index < -0.39 is 0 Å². The Hall–Kier alpha value is -2.59. The highest BCUT2D eigenvalue weighted by molar-refractivity contribution is 6.30. The Morgan fingerprint density at radius 1 is 1.12 bits per heavy atom. The second-order valence-corrected chi connectivity index (χ2v) is 6.23. The van der Waals surface area contributed by atoms with Crippen molar-refractivity contribution in [1.82, 2.24) is 9.78 Å². The molecular weight excluding hydrogens is 322 g/mol. The average molecular weight is 340 g/mol. The minimum atomic E-state index is -0.145. The maximum absolute atomic E-state index is 12.4. The molecule has 3 rings (SSSR count). The summed E-state index contributed by atoms with van der Waals surface area (Å²) in [5, 5.41) is 7.96. The summed E-state index contributed by atoms with van der Waals surface area (Å²) in [5.41, 5.74) is 3.76. The summed E-state index contributed by atoms with van der Waals surface area (Å²) in [6.45, 7) is 4.51. The molecule has 5 heteroatoms. The molecule has 0 aliphatic carbocycles. The topological polar surface area (TPSA) is 46.9 Å². The first-order valence-electron chi connectivity index (χ1n) is 7.68. The molecule has 0 saturated heterocycles. The van der Waals surface area contributed by atoms with Crippen molar-refractivity contribution < 1.29 is 4.79 Å². The van der Waals surface area contributed by atoms with Crippen molar-refractivity contribution in [2.75, 3.05) is 5.32 Å². The van der Waals surface area contributed by atoms with Gasteiger partial charge in [0.25, 0.3) is 5.91 Å². The molecule has 2 aromatic carbocycles. The SMILES string of the molecule is Cc1ccc(C)c(C(=O)Nc2ccn(Cc3ccc(Cl)cc3)n2)c1. The van der Waals surface area contributed by atoms with E-state index in [0.29, 0.717) is 22.9 Å². The number of anilines is 1. The van der Waals surface area contributed by atoms with Crippen LogP contribution in [0.3, 0.4) is 0 Å². The lowest BCUT2D eigenvalue weighted by atomic mass is 10.1.